The average molecular weight is 227 g/mol. The van der Waals surface area contributed by atoms with E-state index in [9.17, 15) is 9.90 Å². The summed E-state index contributed by atoms with van der Waals surface area (Å²) in [7, 11) is 0. The summed E-state index contributed by atoms with van der Waals surface area (Å²) < 4.78 is 0. The Hall–Kier alpha value is -0.610. The Bertz CT molecular complexity index is 263. The van der Waals surface area contributed by atoms with Crippen molar-refractivity contribution < 1.29 is 15.0 Å². The van der Waals surface area contributed by atoms with E-state index in [-0.39, 0.29) is 17.9 Å². The predicted molar refractivity (Wildman–Crippen MR) is 60.1 cm³/mol. The summed E-state index contributed by atoms with van der Waals surface area (Å²) in [4.78, 5) is 10.9. The van der Waals surface area contributed by atoms with Crippen molar-refractivity contribution in [3.63, 3.8) is 0 Å². The summed E-state index contributed by atoms with van der Waals surface area (Å²) in [6.45, 7) is 1.11. The number of carboxylic acids is 1. The van der Waals surface area contributed by atoms with Crippen molar-refractivity contribution in [3.8, 4) is 0 Å². The van der Waals surface area contributed by atoms with Crippen LogP contribution in [0.25, 0.3) is 0 Å². The molecule has 0 saturated heterocycles. The Labute approximate surface area is 96.0 Å². The van der Waals surface area contributed by atoms with Crippen molar-refractivity contribution in [3.05, 3.63) is 0 Å². The first kappa shape index (κ1) is 11.9. The third kappa shape index (κ3) is 2.74. The van der Waals surface area contributed by atoms with Crippen LogP contribution in [0.1, 0.15) is 38.5 Å². The first-order valence-corrected chi connectivity index (χ1v) is 6.22. The minimum absolute atomic E-state index is 0.121. The van der Waals surface area contributed by atoms with Crippen LogP contribution in [0, 0.1) is 11.3 Å². The SMILES string of the molecule is O=C(O)C1CCCC(NCC2(CO)CC2)C1. The van der Waals surface area contributed by atoms with Gasteiger partial charge in [0, 0.05) is 24.6 Å². The first-order chi connectivity index (χ1) is 7.65. The van der Waals surface area contributed by atoms with Gasteiger partial charge in [0.05, 0.1) is 5.92 Å². The van der Waals surface area contributed by atoms with E-state index in [1.165, 1.54) is 0 Å². The standard InChI is InChI=1S/C12H21NO3/c14-8-12(4-5-12)7-13-10-3-1-2-9(6-10)11(15)16/h9-10,13-14H,1-8H2,(H,15,16). The van der Waals surface area contributed by atoms with Gasteiger partial charge in [-0.05, 0) is 32.1 Å². The third-order valence-corrected chi connectivity index (χ3v) is 4.08. The van der Waals surface area contributed by atoms with Crippen molar-refractivity contribution in [1.82, 2.24) is 5.32 Å². The molecular weight excluding hydrogens is 206 g/mol. The van der Waals surface area contributed by atoms with Crippen LogP contribution in [0.2, 0.25) is 0 Å². The molecule has 4 heteroatoms. The molecular formula is C12H21NO3. The summed E-state index contributed by atoms with van der Waals surface area (Å²) in [5.41, 5.74) is 0.121. The highest BCUT2D eigenvalue weighted by atomic mass is 16.4. The molecule has 0 heterocycles. The summed E-state index contributed by atoms with van der Waals surface area (Å²) in [5, 5.41) is 21.6. The van der Waals surface area contributed by atoms with Crippen LogP contribution in [-0.2, 0) is 4.79 Å². The average Bonchev–Trinajstić information content (AvgIpc) is 3.07. The van der Waals surface area contributed by atoms with E-state index in [0.717, 1.165) is 45.1 Å². The molecule has 0 aromatic carbocycles. The van der Waals surface area contributed by atoms with Crippen LogP contribution in [0.5, 0.6) is 0 Å². The van der Waals surface area contributed by atoms with Crippen LogP contribution < -0.4 is 5.32 Å². The zero-order valence-electron chi connectivity index (χ0n) is 9.61. The minimum atomic E-state index is -0.658. The molecule has 0 spiro atoms. The fourth-order valence-corrected chi connectivity index (χ4v) is 2.53. The van der Waals surface area contributed by atoms with Crippen LogP contribution in [0.4, 0.5) is 0 Å². The number of aliphatic hydroxyl groups excluding tert-OH is 1. The predicted octanol–water partition coefficient (Wildman–Crippen LogP) is 0.992. The number of hydrogen-bond donors (Lipinski definition) is 3. The van der Waals surface area contributed by atoms with Gasteiger partial charge in [-0.1, -0.05) is 6.42 Å². The van der Waals surface area contributed by atoms with Gasteiger partial charge in [-0.3, -0.25) is 4.79 Å². The summed E-state index contributed by atoms with van der Waals surface area (Å²) in [6.07, 6.45) is 5.85. The van der Waals surface area contributed by atoms with Crippen molar-refractivity contribution in [2.45, 2.75) is 44.6 Å². The van der Waals surface area contributed by atoms with Crippen molar-refractivity contribution in [2.75, 3.05) is 13.2 Å². The molecule has 16 heavy (non-hydrogen) atoms. The Kier molecular flexibility index (Phi) is 3.50. The molecule has 3 N–H and O–H groups in total. The first-order valence-electron chi connectivity index (χ1n) is 6.22. The Morgan fingerprint density at radius 3 is 2.69 bits per heavy atom. The van der Waals surface area contributed by atoms with Crippen LogP contribution in [-0.4, -0.2) is 35.4 Å². The Balaban J connectivity index is 1.75. The van der Waals surface area contributed by atoms with E-state index in [4.69, 9.17) is 5.11 Å². The molecule has 0 bridgehead atoms. The second-order valence-corrected chi connectivity index (χ2v) is 5.44. The van der Waals surface area contributed by atoms with E-state index >= 15 is 0 Å². The molecule has 2 aliphatic carbocycles. The molecule has 0 aromatic heterocycles. The molecule has 0 aliphatic heterocycles. The lowest BCUT2D eigenvalue weighted by molar-refractivity contribution is -0.143. The lowest BCUT2D eigenvalue weighted by atomic mass is 9.85. The second kappa shape index (κ2) is 4.72. The van der Waals surface area contributed by atoms with Crippen LogP contribution in [0.3, 0.4) is 0 Å². The van der Waals surface area contributed by atoms with Gasteiger partial charge in [0.25, 0.3) is 0 Å². The highest BCUT2D eigenvalue weighted by Crippen LogP contribution is 2.44. The molecule has 2 aliphatic rings. The monoisotopic (exact) mass is 227 g/mol. The number of aliphatic carboxylic acids is 1. The minimum Gasteiger partial charge on any atom is -0.481 e. The van der Waals surface area contributed by atoms with Crippen LogP contribution in [0.15, 0.2) is 0 Å². The highest BCUT2D eigenvalue weighted by Gasteiger charge is 2.42. The molecule has 0 amide bonds. The van der Waals surface area contributed by atoms with Gasteiger partial charge in [-0.2, -0.15) is 0 Å². The summed E-state index contributed by atoms with van der Waals surface area (Å²) in [5.74, 6) is -0.828. The summed E-state index contributed by atoms with van der Waals surface area (Å²) in [6, 6.07) is 0.332. The number of carbonyl (C=O) groups is 1. The zero-order chi connectivity index (χ0) is 11.6. The van der Waals surface area contributed by atoms with Gasteiger partial charge in [0.15, 0.2) is 0 Å². The van der Waals surface area contributed by atoms with Gasteiger partial charge < -0.3 is 15.5 Å². The van der Waals surface area contributed by atoms with Gasteiger partial charge in [0.1, 0.15) is 0 Å². The van der Waals surface area contributed by atoms with Crippen molar-refractivity contribution in [1.29, 1.82) is 0 Å². The van der Waals surface area contributed by atoms with Gasteiger partial charge in [-0.15, -0.1) is 0 Å². The highest BCUT2D eigenvalue weighted by molar-refractivity contribution is 5.70. The fourth-order valence-electron chi connectivity index (χ4n) is 2.53. The fraction of sp³-hybridized carbons (Fsp3) is 0.917. The Morgan fingerprint density at radius 2 is 2.12 bits per heavy atom. The molecule has 2 rings (SSSR count). The van der Waals surface area contributed by atoms with E-state index < -0.39 is 5.97 Å². The van der Waals surface area contributed by atoms with Gasteiger partial charge in [0.2, 0.25) is 0 Å². The number of rotatable bonds is 5. The molecule has 2 saturated carbocycles. The normalized spacial score (nSPS) is 32.3. The molecule has 92 valence electrons. The van der Waals surface area contributed by atoms with E-state index in [0.29, 0.717) is 6.04 Å². The van der Waals surface area contributed by atoms with E-state index in [1.807, 2.05) is 0 Å². The van der Waals surface area contributed by atoms with Crippen molar-refractivity contribution in [2.24, 2.45) is 11.3 Å². The number of nitrogens with one attached hydrogen (secondary N) is 1. The summed E-state index contributed by atoms with van der Waals surface area (Å²) >= 11 is 0. The van der Waals surface area contributed by atoms with E-state index in [1.54, 1.807) is 0 Å². The van der Waals surface area contributed by atoms with Crippen LogP contribution >= 0.6 is 0 Å². The van der Waals surface area contributed by atoms with Crippen molar-refractivity contribution >= 4 is 5.97 Å². The quantitative estimate of drug-likeness (QED) is 0.655. The molecule has 4 nitrogen and oxygen atoms in total. The molecule has 2 fully saturated rings. The number of carboxylic acid groups (broad SMARTS) is 1. The maximum atomic E-state index is 10.9. The smallest absolute Gasteiger partial charge is 0.306 e. The molecule has 0 aromatic rings. The number of aliphatic hydroxyl groups is 1. The van der Waals surface area contributed by atoms with Gasteiger partial charge in [-0.25, -0.2) is 0 Å². The number of hydrogen-bond acceptors (Lipinski definition) is 3. The van der Waals surface area contributed by atoms with Gasteiger partial charge >= 0.3 is 5.97 Å². The largest absolute Gasteiger partial charge is 0.481 e. The lowest BCUT2D eigenvalue weighted by Gasteiger charge is -2.28. The topological polar surface area (TPSA) is 69.6 Å². The maximum Gasteiger partial charge on any atom is 0.306 e. The Morgan fingerprint density at radius 1 is 1.38 bits per heavy atom. The molecule has 2 atom stereocenters. The zero-order valence-corrected chi connectivity index (χ0v) is 9.61. The maximum absolute atomic E-state index is 10.9. The molecule has 0 radical (unpaired) electrons. The lowest BCUT2D eigenvalue weighted by Crippen LogP contribution is -2.40. The second-order valence-electron chi connectivity index (χ2n) is 5.44. The third-order valence-electron chi connectivity index (χ3n) is 4.08. The van der Waals surface area contributed by atoms with E-state index in [2.05, 4.69) is 5.32 Å². The molecule has 2 unspecified atom stereocenters.